The molecule has 0 saturated carbocycles. The number of amides is 2. The van der Waals surface area contributed by atoms with Crippen LogP contribution in [0.4, 0.5) is 0 Å². The number of hydrogen-bond acceptors (Lipinski definition) is 7. The molecule has 9 nitrogen and oxygen atoms in total. The summed E-state index contributed by atoms with van der Waals surface area (Å²) >= 11 is 7.89. The van der Waals surface area contributed by atoms with Gasteiger partial charge >= 0.3 is 0 Å². The molecular weight excluding hydrogens is 618 g/mol. The molecule has 0 radical (unpaired) electrons. The first-order valence-corrected chi connectivity index (χ1v) is 16.0. The summed E-state index contributed by atoms with van der Waals surface area (Å²) in [5.74, 6) is 1.05. The summed E-state index contributed by atoms with van der Waals surface area (Å²) in [6.45, 7) is 6.87. The van der Waals surface area contributed by atoms with Crippen LogP contribution in [0.15, 0.2) is 84.1 Å². The maximum Gasteiger partial charge on any atom is 0.244 e. The average Bonchev–Trinajstić information content (AvgIpc) is 3.54. The van der Waals surface area contributed by atoms with Gasteiger partial charge in [-0.25, -0.2) is 0 Å². The molecule has 1 aliphatic heterocycles. The Hall–Kier alpha value is -4.93. The monoisotopic (exact) mass is 649 g/mol. The van der Waals surface area contributed by atoms with Crippen molar-refractivity contribution in [2.24, 2.45) is 4.99 Å². The number of halogens is 1. The highest BCUT2D eigenvalue weighted by atomic mass is 35.5. The molecular formula is C35H32ClN7O2S. The zero-order valence-corrected chi connectivity index (χ0v) is 27.2. The Bertz CT molecular complexity index is 1950. The summed E-state index contributed by atoms with van der Waals surface area (Å²) in [5, 5.41) is 16.4. The van der Waals surface area contributed by atoms with Gasteiger partial charge in [-0.3, -0.25) is 24.1 Å². The molecule has 0 bridgehead atoms. The largest absolute Gasteiger partial charge is 0.352 e. The van der Waals surface area contributed by atoms with E-state index in [1.54, 1.807) is 29.8 Å². The van der Waals surface area contributed by atoms with Crippen LogP contribution in [0.5, 0.6) is 0 Å². The van der Waals surface area contributed by atoms with Gasteiger partial charge in [0, 0.05) is 52.6 Å². The second-order valence-electron chi connectivity index (χ2n) is 11.0. The Morgan fingerprint density at radius 2 is 1.67 bits per heavy atom. The standard InChI is InChI=1S/C35H32ClN7O2S/c1-21-22(2)46-35-32(21)33(27-11-13-28(36)14-12-27)40-29(34-42-41-23(3)43(34)35)17-31(45)39-20-26-8-6-25(7-9-26)19-38-30(44)15-10-24-5-4-16-37-18-24/h4-16,18,29H,17,19-20H2,1-3H3,(H,38,44)(H,39,45)/b15-10+/t29-/m0/s1. The number of carbonyl (C=O) groups is 2. The number of pyridine rings is 1. The van der Waals surface area contributed by atoms with Crippen molar-refractivity contribution >= 4 is 46.5 Å². The van der Waals surface area contributed by atoms with E-state index in [2.05, 4.69) is 39.7 Å². The van der Waals surface area contributed by atoms with Crippen molar-refractivity contribution in [1.29, 1.82) is 0 Å². The minimum atomic E-state index is -0.538. The van der Waals surface area contributed by atoms with Crippen molar-refractivity contribution < 1.29 is 9.59 Å². The van der Waals surface area contributed by atoms with Gasteiger partial charge in [0.2, 0.25) is 11.8 Å². The normalized spacial score (nSPS) is 13.9. The fourth-order valence-electron chi connectivity index (χ4n) is 5.25. The third kappa shape index (κ3) is 6.83. The molecule has 3 aromatic heterocycles. The minimum Gasteiger partial charge on any atom is -0.352 e. The Kier molecular flexibility index (Phi) is 9.18. The van der Waals surface area contributed by atoms with Gasteiger partial charge in [0.05, 0.1) is 12.1 Å². The van der Waals surface area contributed by atoms with Gasteiger partial charge in [-0.15, -0.1) is 21.5 Å². The molecule has 0 saturated heterocycles. The van der Waals surface area contributed by atoms with E-state index in [9.17, 15) is 9.59 Å². The highest BCUT2D eigenvalue weighted by Crippen LogP contribution is 2.39. The van der Waals surface area contributed by atoms with Crippen molar-refractivity contribution in [3.05, 3.63) is 134 Å². The van der Waals surface area contributed by atoms with E-state index >= 15 is 0 Å². The van der Waals surface area contributed by atoms with Crippen LogP contribution < -0.4 is 10.6 Å². The lowest BCUT2D eigenvalue weighted by atomic mass is 9.99. The van der Waals surface area contributed by atoms with E-state index < -0.39 is 6.04 Å². The molecule has 0 aliphatic carbocycles. The highest BCUT2D eigenvalue weighted by molar-refractivity contribution is 7.15. The molecule has 5 aromatic rings. The van der Waals surface area contributed by atoms with Crippen molar-refractivity contribution in [2.75, 3.05) is 0 Å². The number of carbonyl (C=O) groups excluding carboxylic acids is 2. The Labute approximate surface area is 276 Å². The van der Waals surface area contributed by atoms with Gasteiger partial charge in [-0.2, -0.15) is 0 Å². The number of nitrogens with one attached hydrogen (secondary N) is 2. The van der Waals surface area contributed by atoms with E-state index in [0.29, 0.717) is 23.9 Å². The molecule has 0 fully saturated rings. The van der Waals surface area contributed by atoms with E-state index in [4.69, 9.17) is 16.6 Å². The predicted octanol–water partition coefficient (Wildman–Crippen LogP) is 6.23. The number of nitrogens with zero attached hydrogens (tertiary/aromatic N) is 5. The minimum absolute atomic E-state index is 0.110. The van der Waals surface area contributed by atoms with Crippen LogP contribution in [0.3, 0.4) is 0 Å². The molecule has 1 atom stereocenters. The van der Waals surface area contributed by atoms with E-state index in [1.165, 1.54) is 11.0 Å². The van der Waals surface area contributed by atoms with Gasteiger partial charge in [0.15, 0.2) is 5.82 Å². The van der Waals surface area contributed by atoms with Gasteiger partial charge in [-0.1, -0.05) is 54.1 Å². The molecule has 2 aromatic carbocycles. The second-order valence-corrected chi connectivity index (χ2v) is 12.7. The molecule has 46 heavy (non-hydrogen) atoms. The Balaban J connectivity index is 1.13. The zero-order chi connectivity index (χ0) is 32.2. The lowest BCUT2D eigenvalue weighted by Crippen LogP contribution is -2.25. The molecule has 0 spiro atoms. The van der Waals surface area contributed by atoms with Crippen LogP contribution in [0, 0.1) is 20.8 Å². The second kappa shape index (κ2) is 13.6. The Morgan fingerprint density at radius 1 is 0.957 bits per heavy atom. The number of aryl methyl sites for hydroxylation is 2. The SMILES string of the molecule is Cc1sc2c(c1C)C(c1ccc(Cl)cc1)=N[C@@H](CC(=O)NCc1ccc(CNC(=O)/C=C/c3cccnc3)cc1)c1nnc(C)n1-2. The summed E-state index contributed by atoms with van der Waals surface area (Å²) in [6.07, 6.45) is 6.70. The smallest absolute Gasteiger partial charge is 0.244 e. The fraction of sp³-hybridized carbons (Fsp3) is 0.200. The van der Waals surface area contributed by atoms with Crippen LogP contribution in [0.2, 0.25) is 5.02 Å². The number of rotatable bonds is 9. The molecule has 0 unspecified atom stereocenters. The highest BCUT2D eigenvalue weighted by Gasteiger charge is 2.32. The fourth-order valence-corrected chi connectivity index (χ4v) is 6.59. The lowest BCUT2D eigenvalue weighted by Gasteiger charge is -2.13. The maximum absolute atomic E-state index is 13.3. The van der Waals surface area contributed by atoms with Crippen molar-refractivity contribution in [3.63, 3.8) is 0 Å². The Morgan fingerprint density at radius 3 is 2.37 bits per heavy atom. The third-order valence-corrected chi connectivity index (χ3v) is 9.27. The topological polar surface area (TPSA) is 114 Å². The molecule has 4 heterocycles. The molecule has 1 aliphatic rings. The maximum atomic E-state index is 13.3. The summed E-state index contributed by atoms with van der Waals surface area (Å²) in [6, 6.07) is 18.6. The van der Waals surface area contributed by atoms with Crippen LogP contribution in [-0.2, 0) is 22.7 Å². The zero-order valence-electron chi connectivity index (χ0n) is 25.6. The molecule has 6 rings (SSSR count). The number of fused-ring (bicyclic) bond motifs is 3. The van der Waals surface area contributed by atoms with E-state index in [0.717, 1.165) is 49.9 Å². The molecule has 2 N–H and O–H groups in total. The van der Waals surface area contributed by atoms with Crippen LogP contribution in [0.25, 0.3) is 11.1 Å². The van der Waals surface area contributed by atoms with Gasteiger partial charge in [-0.05, 0) is 67.3 Å². The third-order valence-electron chi connectivity index (χ3n) is 7.83. The number of aromatic nitrogens is 4. The average molecular weight is 650 g/mol. The lowest BCUT2D eigenvalue weighted by molar-refractivity contribution is -0.121. The number of benzene rings is 2. The molecule has 232 valence electrons. The molecule has 11 heteroatoms. The first-order chi connectivity index (χ1) is 22.3. The van der Waals surface area contributed by atoms with Crippen LogP contribution >= 0.6 is 22.9 Å². The van der Waals surface area contributed by atoms with Crippen molar-refractivity contribution in [1.82, 2.24) is 30.4 Å². The summed E-state index contributed by atoms with van der Waals surface area (Å²) in [5.41, 5.74) is 6.66. The number of aliphatic imine (C=N–C) groups is 1. The van der Waals surface area contributed by atoms with Crippen LogP contribution in [-0.4, -0.2) is 37.3 Å². The number of hydrogen-bond donors (Lipinski definition) is 2. The summed E-state index contributed by atoms with van der Waals surface area (Å²) in [4.78, 5) is 35.9. The van der Waals surface area contributed by atoms with Gasteiger partial charge < -0.3 is 10.6 Å². The molecule has 2 amide bonds. The van der Waals surface area contributed by atoms with Crippen LogP contribution in [0.1, 0.15) is 62.4 Å². The summed E-state index contributed by atoms with van der Waals surface area (Å²) in [7, 11) is 0. The van der Waals surface area contributed by atoms with E-state index in [1.807, 2.05) is 72.2 Å². The number of thiophene rings is 1. The quantitative estimate of drug-likeness (QED) is 0.184. The van der Waals surface area contributed by atoms with Crippen molar-refractivity contribution in [2.45, 2.75) is 46.3 Å². The van der Waals surface area contributed by atoms with Crippen molar-refractivity contribution in [3.8, 4) is 5.00 Å². The first kappa shape index (κ1) is 31.1. The summed E-state index contributed by atoms with van der Waals surface area (Å²) < 4.78 is 2.04. The first-order valence-electron chi connectivity index (χ1n) is 14.8. The van der Waals surface area contributed by atoms with E-state index in [-0.39, 0.29) is 18.2 Å². The van der Waals surface area contributed by atoms with Gasteiger partial charge in [0.25, 0.3) is 0 Å². The van der Waals surface area contributed by atoms with Gasteiger partial charge in [0.1, 0.15) is 16.9 Å². The predicted molar refractivity (Wildman–Crippen MR) is 181 cm³/mol.